The second-order valence-corrected chi connectivity index (χ2v) is 7.49. The molecular weight excluding hydrogens is 330 g/mol. The van der Waals surface area contributed by atoms with E-state index in [-0.39, 0.29) is 24.3 Å². The van der Waals surface area contributed by atoms with Crippen LogP contribution >= 0.6 is 0 Å². The van der Waals surface area contributed by atoms with Gasteiger partial charge in [-0.25, -0.2) is 4.98 Å². The van der Waals surface area contributed by atoms with E-state index in [9.17, 15) is 9.59 Å². The molecule has 3 atom stereocenters. The maximum atomic E-state index is 12.7. The molecular formula is C19H27N5O2. The van der Waals surface area contributed by atoms with Gasteiger partial charge in [0, 0.05) is 44.5 Å². The fourth-order valence-electron chi connectivity index (χ4n) is 4.30. The summed E-state index contributed by atoms with van der Waals surface area (Å²) in [7, 11) is 0. The van der Waals surface area contributed by atoms with Gasteiger partial charge in [-0.3, -0.25) is 9.59 Å². The van der Waals surface area contributed by atoms with Crippen LogP contribution in [0.25, 0.3) is 0 Å². The molecule has 2 saturated heterocycles. The minimum absolute atomic E-state index is 0.0198. The van der Waals surface area contributed by atoms with Crippen molar-refractivity contribution >= 4 is 17.6 Å². The van der Waals surface area contributed by atoms with Crippen molar-refractivity contribution in [2.75, 3.05) is 31.1 Å². The Kier molecular flexibility index (Phi) is 5.06. The standard InChI is InChI=1S/C19H27N5O2/c25-18(13-16-19(26)22-15-6-2-1-5-14(15)21-16)24-11-9-23(10-12-24)17-7-3-4-8-20-17/h3-4,7-8,14-16,21H,1-2,5-6,9-13H2,(H,22,26). The van der Waals surface area contributed by atoms with E-state index in [1.165, 1.54) is 12.8 Å². The van der Waals surface area contributed by atoms with Gasteiger partial charge in [-0.15, -0.1) is 0 Å². The van der Waals surface area contributed by atoms with E-state index < -0.39 is 6.04 Å². The van der Waals surface area contributed by atoms with Gasteiger partial charge in [-0.1, -0.05) is 18.9 Å². The van der Waals surface area contributed by atoms with Crippen LogP contribution in [0.3, 0.4) is 0 Å². The quantitative estimate of drug-likeness (QED) is 0.825. The fourth-order valence-corrected chi connectivity index (χ4v) is 4.30. The lowest BCUT2D eigenvalue weighted by Crippen LogP contribution is -2.65. The highest BCUT2D eigenvalue weighted by molar-refractivity contribution is 5.89. The lowest BCUT2D eigenvalue weighted by molar-refractivity contribution is -0.136. The van der Waals surface area contributed by atoms with Gasteiger partial charge in [0.15, 0.2) is 0 Å². The maximum Gasteiger partial charge on any atom is 0.237 e. The molecule has 7 heteroatoms. The molecule has 3 aliphatic rings. The van der Waals surface area contributed by atoms with Crippen molar-refractivity contribution in [2.24, 2.45) is 0 Å². The van der Waals surface area contributed by atoms with Crippen LogP contribution in [0.2, 0.25) is 0 Å². The number of rotatable bonds is 3. The number of carbonyl (C=O) groups excluding carboxylic acids is 2. The Morgan fingerprint density at radius 3 is 2.62 bits per heavy atom. The van der Waals surface area contributed by atoms with Crippen molar-refractivity contribution in [3.63, 3.8) is 0 Å². The molecule has 2 aliphatic heterocycles. The lowest BCUT2D eigenvalue weighted by atomic mass is 9.87. The van der Waals surface area contributed by atoms with Crippen LogP contribution in [-0.2, 0) is 9.59 Å². The Labute approximate surface area is 154 Å². The average molecular weight is 357 g/mol. The SMILES string of the molecule is O=C1NC2CCCCC2NC1CC(=O)N1CCN(c2ccccn2)CC1. The molecule has 1 saturated carbocycles. The van der Waals surface area contributed by atoms with Gasteiger partial charge in [-0.05, 0) is 25.0 Å². The highest BCUT2D eigenvalue weighted by atomic mass is 16.2. The molecule has 0 aromatic carbocycles. The molecule has 26 heavy (non-hydrogen) atoms. The number of fused-ring (bicyclic) bond motifs is 1. The van der Waals surface area contributed by atoms with Gasteiger partial charge < -0.3 is 20.4 Å². The first-order chi connectivity index (χ1) is 12.7. The Balaban J connectivity index is 1.29. The number of hydrogen-bond donors (Lipinski definition) is 2. The lowest BCUT2D eigenvalue weighted by Gasteiger charge is -2.41. The first-order valence-corrected chi connectivity index (χ1v) is 9.71. The fraction of sp³-hybridized carbons (Fsp3) is 0.632. The van der Waals surface area contributed by atoms with Gasteiger partial charge in [0.1, 0.15) is 5.82 Å². The topological polar surface area (TPSA) is 77.6 Å². The number of aromatic nitrogens is 1. The van der Waals surface area contributed by atoms with Gasteiger partial charge in [0.25, 0.3) is 0 Å². The Morgan fingerprint density at radius 1 is 1.12 bits per heavy atom. The Hall–Kier alpha value is -2.15. The van der Waals surface area contributed by atoms with Crippen molar-refractivity contribution in [2.45, 2.75) is 50.2 Å². The van der Waals surface area contributed by atoms with E-state index >= 15 is 0 Å². The van der Waals surface area contributed by atoms with Crippen LogP contribution in [0.15, 0.2) is 24.4 Å². The number of anilines is 1. The maximum absolute atomic E-state index is 12.7. The molecule has 1 aromatic rings. The van der Waals surface area contributed by atoms with E-state index in [2.05, 4.69) is 20.5 Å². The smallest absolute Gasteiger partial charge is 0.237 e. The van der Waals surface area contributed by atoms with Gasteiger partial charge in [0.2, 0.25) is 11.8 Å². The minimum Gasteiger partial charge on any atom is -0.353 e. The molecule has 0 bridgehead atoms. The summed E-state index contributed by atoms with van der Waals surface area (Å²) in [5.41, 5.74) is 0. The van der Waals surface area contributed by atoms with E-state index in [0.29, 0.717) is 19.1 Å². The molecule has 7 nitrogen and oxygen atoms in total. The molecule has 1 aliphatic carbocycles. The van der Waals surface area contributed by atoms with Crippen LogP contribution in [0, 0.1) is 0 Å². The van der Waals surface area contributed by atoms with Gasteiger partial charge >= 0.3 is 0 Å². The third-order valence-corrected chi connectivity index (χ3v) is 5.81. The molecule has 3 heterocycles. The number of pyridine rings is 1. The predicted octanol–water partition coefficient (Wildman–Crippen LogP) is 0.520. The highest BCUT2D eigenvalue weighted by Crippen LogP contribution is 2.22. The van der Waals surface area contributed by atoms with Crippen molar-refractivity contribution < 1.29 is 9.59 Å². The minimum atomic E-state index is -0.393. The summed E-state index contributed by atoms with van der Waals surface area (Å²) in [5, 5.41) is 6.55. The van der Waals surface area contributed by atoms with Crippen molar-refractivity contribution in [1.29, 1.82) is 0 Å². The van der Waals surface area contributed by atoms with Crippen LogP contribution in [-0.4, -0.2) is 66.0 Å². The van der Waals surface area contributed by atoms with Crippen molar-refractivity contribution in [3.8, 4) is 0 Å². The van der Waals surface area contributed by atoms with Crippen LogP contribution in [0.1, 0.15) is 32.1 Å². The normalized spacial score (nSPS) is 29.1. The second kappa shape index (κ2) is 7.61. The van der Waals surface area contributed by atoms with E-state index in [4.69, 9.17) is 0 Å². The summed E-state index contributed by atoms with van der Waals surface area (Å²) < 4.78 is 0. The largest absolute Gasteiger partial charge is 0.353 e. The molecule has 2 amide bonds. The third kappa shape index (κ3) is 3.67. The summed E-state index contributed by atoms with van der Waals surface area (Å²) in [6.45, 7) is 2.90. The first kappa shape index (κ1) is 17.3. The number of hydrogen-bond acceptors (Lipinski definition) is 5. The summed E-state index contributed by atoms with van der Waals surface area (Å²) >= 11 is 0. The monoisotopic (exact) mass is 357 g/mol. The van der Waals surface area contributed by atoms with Crippen LogP contribution in [0.5, 0.6) is 0 Å². The number of piperazine rings is 2. The number of carbonyl (C=O) groups is 2. The molecule has 3 fully saturated rings. The molecule has 0 radical (unpaired) electrons. The number of nitrogens with one attached hydrogen (secondary N) is 2. The third-order valence-electron chi connectivity index (χ3n) is 5.81. The summed E-state index contributed by atoms with van der Waals surface area (Å²) in [4.78, 5) is 33.5. The molecule has 1 aromatic heterocycles. The number of amides is 2. The second-order valence-electron chi connectivity index (χ2n) is 7.49. The van der Waals surface area contributed by atoms with E-state index in [1.807, 2.05) is 23.1 Å². The summed E-state index contributed by atoms with van der Waals surface area (Å²) in [5.74, 6) is 0.998. The Bertz CT molecular complexity index is 645. The van der Waals surface area contributed by atoms with Crippen LogP contribution < -0.4 is 15.5 Å². The molecule has 0 spiro atoms. The zero-order valence-electron chi connectivity index (χ0n) is 15.1. The highest BCUT2D eigenvalue weighted by Gasteiger charge is 2.37. The van der Waals surface area contributed by atoms with E-state index in [0.717, 1.165) is 31.7 Å². The average Bonchev–Trinajstić information content (AvgIpc) is 2.69. The molecule has 2 N–H and O–H groups in total. The zero-order valence-corrected chi connectivity index (χ0v) is 15.1. The summed E-state index contributed by atoms with van der Waals surface area (Å²) in [6, 6.07) is 6.04. The first-order valence-electron chi connectivity index (χ1n) is 9.71. The van der Waals surface area contributed by atoms with Crippen LogP contribution in [0.4, 0.5) is 5.82 Å². The Morgan fingerprint density at radius 2 is 1.88 bits per heavy atom. The molecule has 3 unspecified atom stereocenters. The van der Waals surface area contributed by atoms with Crippen molar-refractivity contribution in [3.05, 3.63) is 24.4 Å². The molecule has 4 rings (SSSR count). The zero-order chi connectivity index (χ0) is 17.9. The van der Waals surface area contributed by atoms with Gasteiger partial charge in [0.05, 0.1) is 12.5 Å². The van der Waals surface area contributed by atoms with Gasteiger partial charge in [-0.2, -0.15) is 0 Å². The van der Waals surface area contributed by atoms with Crippen molar-refractivity contribution in [1.82, 2.24) is 20.5 Å². The molecule has 140 valence electrons. The summed E-state index contributed by atoms with van der Waals surface area (Å²) in [6.07, 6.45) is 6.53. The van der Waals surface area contributed by atoms with E-state index in [1.54, 1.807) is 6.20 Å². The number of nitrogens with zero attached hydrogens (tertiary/aromatic N) is 3. The predicted molar refractivity (Wildman–Crippen MR) is 98.8 cm³/mol.